The number of hydrogen-bond acceptors (Lipinski definition) is 2. The van der Waals surface area contributed by atoms with Crippen LogP contribution in [-0.4, -0.2) is 0 Å². The second-order valence-corrected chi connectivity index (χ2v) is 23.2. The summed E-state index contributed by atoms with van der Waals surface area (Å²) >= 11 is 0. The summed E-state index contributed by atoms with van der Waals surface area (Å²) in [7, 11) is 0. The maximum absolute atomic E-state index is 7.10. The van der Waals surface area contributed by atoms with E-state index in [0.29, 0.717) is 0 Å². The van der Waals surface area contributed by atoms with Crippen LogP contribution in [0.3, 0.4) is 0 Å². The van der Waals surface area contributed by atoms with Crippen molar-refractivity contribution in [3.63, 3.8) is 0 Å². The lowest BCUT2D eigenvalue weighted by atomic mass is 9.78. The molecule has 0 aliphatic heterocycles. The van der Waals surface area contributed by atoms with Crippen molar-refractivity contribution < 1.29 is 4.42 Å². The van der Waals surface area contributed by atoms with Crippen LogP contribution in [0, 0.1) is 0 Å². The summed E-state index contributed by atoms with van der Waals surface area (Å²) in [6, 6.07) is 40.0. The maximum atomic E-state index is 7.10. The van der Waals surface area contributed by atoms with Crippen LogP contribution < -0.4 is 4.90 Å². The lowest BCUT2D eigenvalue weighted by Gasteiger charge is -2.31. The molecule has 2 heteroatoms. The number of nitrogens with zero attached hydrogens (tertiary/aromatic N) is 1. The Kier molecular flexibility index (Phi) is 8.56. The minimum Gasteiger partial charge on any atom is -0.456 e. The Morgan fingerprint density at radius 3 is 1.60 bits per heavy atom. The van der Waals surface area contributed by atoms with E-state index in [-0.39, 0.29) is 32.5 Å². The van der Waals surface area contributed by atoms with E-state index in [0.717, 1.165) is 22.5 Å². The number of furan rings is 1. The molecule has 60 heavy (non-hydrogen) atoms. The molecule has 0 fully saturated rings. The Morgan fingerprint density at radius 1 is 0.433 bits per heavy atom. The molecular weight excluding hydrogens is 727 g/mol. The quantitative estimate of drug-likeness (QED) is 0.177. The molecule has 1 heterocycles. The van der Waals surface area contributed by atoms with Crippen molar-refractivity contribution in [2.24, 2.45) is 0 Å². The fraction of sp³-hybridized carbons (Fsp3) is 0.379. The highest BCUT2D eigenvalue weighted by atomic mass is 16.3. The van der Waals surface area contributed by atoms with E-state index in [9.17, 15) is 0 Å². The number of hydrogen-bond donors (Lipinski definition) is 0. The number of fused-ring (bicyclic) bond motifs is 9. The minimum absolute atomic E-state index is 0.0162. The third-order valence-electron chi connectivity index (χ3n) is 14.0. The SMILES string of the molecule is CC(C)(C)c1cc(C(C)(C)C)c2c(c1)oc1c(C(C)(C)C)cc(N(c3ccc4c(c3)C(C)(C)c3ccccc3-4)c3ccc4c(c3)C(C)(C)c3cccc(C(C)(C)C)c3-4)cc12. The van der Waals surface area contributed by atoms with Gasteiger partial charge in [0.05, 0.1) is 0 Å². The summed E-state index contributed by atoms with van der Waals surface area (Å²) in [5.74, 6) is 0. The summed E-state index contributed by atoms with van der Waals surface area (Å²) in [4.78, 5) is 2.54. The van der Waals surface area contributed by atoms with Crippen LogP contribution in [0.15, 0.2) is 108 Å². The molecule has 2 nitrogen and oxygen atoms in total. The zero-order valence-corrected chi connectivity index (χ0v) is 39.2. The Labute approximate surface area is 360 Å². The van der Waals surface area contributed by atoms with Gasteiger partial charge in [-0.3, -0.25) is 0 Å². The summed E-state index contributed by atoms with van der Waals surface area (Å²) in [6.07, 6.45) is 0. The van der Waals surface area contributed by atoms with Crippen LogP contribution in [0.2, 0.25) is 0 Å². The lowest BCUT2D eigenvalue weighted by molar-refractivity contribution is 0.563. The molecule has 308 valence electrons. The molecular formula is C58H65NO. The molecule has 7 aromatic rings. The summed E-state index contributed by atoms with van der Waals surface area (Å²) < 4.78 is 7.10. The fourth-order valence-electron chi connectivity index (χ4n) is 10.5. The predicted molar refractivity (Wildman–Crippen MR) is 258 cm³/mol. The molecule has 0 atom stereocenters. The molecule has 0 bridgehead atoms. The first-order valence-electron chi connectivity index (χ1n) is 22.2. The van der Waals surface area contributed by atoms with Gasteiger partial charge >= 0.3 is 0 Å². The van der Waals surface area contributed by atoms with Gasteiger partial charge in [-0.05, 0) is 125 Å². The van der Waals surface area contributed by atoms with Crippen LogP contribution in [0.25, 0.3) is 44.2 Å². The van der Waals surface area contributed by atoms with Gasteiger partial charge in [0.2, 0.25) is 0 Å². The molecule has 2 aliphatic carbocycles. The highest BCUT2D eigenvalue weighted by Gasteiger charge is 2.40. The van der Waals surface area contributed by atoms with Crippen molar-refractivity contribution in [2.45, 2.75) is 143 Å². The van der Waals surface area contributed by atoms with E-state index in [4.69, 9.17) is 4.42 Å². The Bertz CT molecular complexity index is 2900. The number of benzene rings is 6. The van der Waals surface area contributed by atoms with Gasteiger partial charge in [0.1, 0.15) is 11.2 Å². The largest absolute Gasteiger partial charge is 0.456 e. The third kappa shape index (κ3) is 6.02. The Morgan fingerprint density at radius 2 is 0.983 bits per heavy atom. The van der Waals surface area contributed by atoms with Crippen LogP contribution in [0.1, 0.15) is 155 Å². The molecule has 0 saturated heterocycles. The predicted octanol–water partition coefficient (Wildman–Crippen LogP) is 16.9. The minimum atomic E-state index is -0.185. The second kappa shape index (κ2) is 12.7. The van der Waals surface area contributed by atoms with Crippen molar-refractivity contribution in [1.29, 1.82) is 0 Å². The van der Waals surface area contributed by atoms with Crippen molar-refractivity contribution in [1.82, 2.24) is 0 Å². The average Bonchev–Trinajstić information content (AvgIpc) is 3.72. The first-order valence-corrected chi connectivity index (χ1v) is 22.2. The zero-order valence-electron chi connectivity index (χ0n) is 39.2. The van der Waals surface area contributed by atoms with Crippen molar-refractivity contribution in [2.75, 3.05) is 4.90 Å². The van der Waals surface area contributed by atoms with Gasteiger partial charge in [0.15, 0.2) is 0 Å². The van der Waals surface area contributed by atoms with Gasteiger partial charge in [-0.1, -0.05) is 171 Å². The first kappa shape index (κ1) is 40.3. The van der Waals surface area contributed by atoms with Gasteiger partial charge in [0.25, 0.3) is 0 Å². The molecule has 0 saturated carbocycles. The van der Waals surface area contributed by atoms with Crippen LogP contribution in [0.4, 0.5) is 17.1 Å². The summed E-state index contributed by atoms with van der Waals surface area (Å²) in [6.45, 7) is 37.5. The van der Waals surface area contributed by atoms with Gasteiger partial charge in [0, 0.05) is 44.2 Å². The molecule has 1 aromatic heterocycles. The van der Waals surface area contributed by atoms with Gasteiger partial charge in [-0.2, -0.15) is 0 Å². The number of rotatable bonds is 3. The van der Waals surface area contributed by atoms with E-state index < -0.39 is 0 Å². The van der Waals surface area contributed by atoms with Crippen molar-refractivity contribution in [3.8, 4) is 22.3 Å². The van der Waals surface area contributed by atoms with E-state index >= 15 is 0 Å². The summed E-state index contributed by atoms with van der Waals surface area (Å²) in [5, 5.41) is 2.41. The lowest BCUT2D eigenvalue weighted by Crippen LogP contribution is -2.19. The van der Waals surface area contributed by atoms with Gasteiger partial charge in [-0.25, -0.2) is 0 Å². The maximum Gasteiger partial charge on any atom is 0.139 e. The zero-order chi connectivity index (χ0) is 43.3. The molecule has 0 amide bonds. The molecule has 0 N–H and O–H groups in total. The molecule has 2 aliphatic rings. The molecule has 0 radical (unpaired) electrons. The molecule has 0 unspecified atom stereocenters. The normalized spacial score (nSPS) is 15.6. The molecule has 0 spiro atoms. The van der Waals surface area contributed by atoms with Crippen molar-refractivity contribution in [3.05, 3.63) is 148 Å². The van der Waals surface area contributed by atoms with Crippen LogP contribution in [-0.2, 0) is 32.5 Å². The fourth-order valence-corrected chi connectivity index (χ4v) is 10.5. The van der Waals surface area contributed by atoms with E-state index in [1.807, 2.05) is 0 Å². The topological polar surface area (TPSA) is 16.4 Å². The molecule has 9 rings (SSSR count). The summed E-state index contributed by atoms with van der Waals surface area (Å²) in [5.41, 5.74) is 21.1. The second-order valence-electron chi connectivity index (χ2n) is 23.2. The first-order chi connectivity index (χ1) is 27.8. The number of anilines is 3. The monoisotopic (exact) mass is 792 g/mol. The third-order valence-corrected chi connectivity index (χ3v) is 14.0. The van der Waals surface area contributed by atoms with Gasteiger partial charge < -0.3 is 9.32 Å². The Hall–Kier alpha value is -5.08. The highest BCUT2D eigenvalue weighted by molar-refractivity contribution is 6.10. The molecule has 6 aromatic carbocycles. The Balaban J connectivity index is 1.36. The van der Waals surface area contributed by atoms with Gasteiger partial charge in [-0.15, -0.1) is 0 Å². The van der Waals surface area contributed by atoms with E-state index in [1.165, 1.54) is 83.2 Å². The van der Waals surface area contributed by atoms with E-state index in [1.54, 1.807) is 0 Å². The van der Waals surface area contributed by atoms with Crippen molar-refractivity contribution >= 4 is 39.0 Å². The average molecular weight is 792 g/mol. The standard InChI is InChI=1S/C58H65NO/c1-53(2,3)34-28-47(55(7,8)9)51-41-30-37(33-48(56(10,11)12)52(41)60-49(51)29-34)59(35-24-26-39-38-20-17-18-21-42(38)57(13,14)45(39)31-35)36-25-27-40-46(32-36)58(15,16)44-23-19-22-43(50(40)44)54(4,5)6/h17-33H,1-16H3. The van der Waals surface area contributed by atoms with Crippen LogP contribution >= 0.6 is 0 Å². The van der Waals surface area contributed by atoms with E-state index in [2.05, 4.69) is 219 Å². The van der Waals surface area contributed by atoms with Crippen LogP contribution in [0.5, 0.6) is 0 Å². The smallest absolute Gasteiger partial charge is 0.139 e. The highest BCUT2D eigenvalue weighted by Crippen LogP contribution is 2.55.